The van der Waals surface area contributed by atoms with Gasteiger partial charge in [-0.1, -0.05) is 6.08 Å². The lowest BCUT2D eigenvalue weighted by Gasteiger charge is -2.42. The Kier molecular flexibility index (Phi) is 5.76. The van der Waals surface area contributed by atoms with Crippen LogP contribution in [0, 0.1) is 5.41 Å². The van der Waals surface area contributed by atoms with Crippen LogP contribution in [0.25, 0.3) is 0 Å². The summed E-state index contributed by atoms with van der Waals surface area (Å²) in [7, 11) is 1.59. The highest BCUT2D eigenvalue weighted by molar-refractivity contribution is 5.80. The lowest BCUT2D eigenvalue weighted by atomic mass is 9.70. The predicted molar refractivity (Wildman–Crippen MR) is 77.4 cm³/mol. The molecule has 1 saturated heterocycles. The van der Waals surface area contributed by atoms with Crippen molar-refractivity contribution >= 4 is 11.8 Å². The maximum absolute atomic E-state index is 11.8. The summed E-state index contributed by atoms with van der Waals surface area (Å²) < 4.78 is 10.1. The van der Waals surface area contributed by atoms with Crippen molar-refractivity contribution in [1.29, 1.82) is 0 Å². The van der Waals surface area contributed by atoms with Crippen molar-refractivity contribution in [1.82, 2.24) is 10.6 Å². The summed E-state index contributed by atoms with van der Waals surface area (Å²) >= 11 is 0. The zero-order valence-corrected chi connectivity index (χ0v) is 12.6. The van der Waals surface area contributed by atoms with E-state index in [1.165, 1.54) is 0 Å². The SMILES string of the molecule is COCCOCC(=O)NC[C@@]12CCCC=C1NC(=O)CC2. The molecule has 2 N–H and O–H groups in total. The fraction of sp³-hybridized carbons (Fsp3) is 0.733. The number of carbonyl (C=O) groups excluding carboxylic acids is 2. The molecule has 0 aromatic rings. The number of hydrogen-bond acceptors (Lipinski definition) is 4. The van der Waals surface area contributed by atoms with Crippen LogP contribution < -0.4 is 10.6 Å². The van der Waals surface area contributed by atoms with E-state index in [0.717, 1.165) is 31.4 Å². The van der Waals surface area contributed by atoms with Crippen molar-refractivity contribution in [3.05, 3.63) is 11.8 Å². The van der Waals surface area contributed by atoms with Gasteiger partial charge in [0, 0.05) is 31.2 Å². The highest BCUT2D eigenvalue weighted by Gasteiger charge is 2.40. The van der Waals surface area contributed by atoms with Gasteiger partial charge in [0.25, 0.3) is 0 Å². The molecule has 0 saturated carbocycles. The lowest BCUT2D eigenvalue weighted by molar-refractivity contribution is -0.126. The van der Waals surface area contributed by atoms with Crippen LogP contribution in [0.15, 0.2) is 11.8 Å². The van der Waals surface area contributed by atoms with Crippen molar-refractivity contribution in [2.75, 3.05) is 33.5 Å². The molecule has 21 heavy (non-hydrogen) atoms. The number of fused-ring (bicyclic) bond motifs is 1. The maximum atomic E-state index is 11.8. The van der Waals surface area contributed by atoms with Crippen molar-refractivity contribution in [2.24, 2.45) is 5.41 Å². The lowest BCUT2D eigenvalue weighted by Crippen LogP contribution is -2.49. The molecule has 1 heterocycles. The van der Waals surface area contributed by atoms with E-state index in [1.54, 1.807) is 7.11 Å². The van der Waals surface area contributed by atoms with E-state index < -0.39 is 0 Å². The number of hydrogen-bond donors (Lipinski definition) is 2. The first-order valence-electron chi connectivity index (χ1n) is 7.50. The van der Waals surface area contributed by atoms with Gasteiger partial charge in [-0.15, -0.1) is 0 Å². The standard InChI is InChI=1S/C15H24N2O4/c1-20-8-9-21-10-14(19)16-11-15-6-3-2-4-12(15)17-13(18)5-7-15/h4H,2-3,5-11H2,1H3,(H,16,19)(H,17,18)/t15-/m0/s1. The first-order valence-corrected chi connectivity index (χ1v) is 7.50. The zero-order chi connectivity index (χ0) is 15.1. The largest absolute Gasteiger partial charge is 0.382 e. The van der Waals surface area contributed by atoms with E-state index in [0.29, 0.717) is 26.2 Å². The maximum Gasteiger partial charge on any atom is 0.246 e. The van der Waals surface area contributed by atoms with Gasteiger partial charge in [0.05, 0.1) is 13.2 Å². The molecule has 0 radical (unpaired) electrons. The average molecular weight is 296 g/mol. The number of nitrogens with one attached hydrogen (secondary N) is 2. The van der Waals surface area contributed by atoms with E-state index in [9.17, 15) is 9.59 Å². The summed E-state index contributed by atoms with van der Waals surface area (Å²) in [4.78, 5) is 23.3. The third-order valence-corrected chi connectivity index (χ3v) is 4.17. The molecule has 2 amide bonds. The van der Waals surface area contributed by atoms with Gasteiger partial charge in [-0.3, -0.25) is 9.59 Å². The van der Waals surface area contributed by atoms with Crippen LogP contribution in [0.1, 0.15) is 32.1 Å². The van der Waals surface area contributed by atoms with Crippen LogP contribution in [0.3, 0.4) is 0 Å². The van der Waals surface area contributed by atoms with Gasteiger partial charge in [-0.05, 0) is 25.7 Å². The molecule has 6 nitrogen and oxygen atoms in total. The van der Waals surface area contributed by atoms with E-state index in [-0.39, 0.29) is 23.8 Å². The molecule has 1 fully saturated rings. The highest BCUT2D eigenvalue weighted by atomic mass is 16.5. The molecule has 0 spiro atoms. The minimum Gasteiger partial charge on any atom is -0.382 e. The Morgan fingerprint density at radius 1 is 1.43 bits per heavy atom. The quantitative estimate of drug-likeness (QED) is 0.679. The second-order valence-electron chi connectivity index (χ2n) is 5.66. The Bertz CT molecular complexity index is 422. The predicted octanol–water partition coefficient (Wildman–Crippen LogP) is 0.730. The molecule has 1 aliphatic heterocycles. The number of methoxy groups -OCH3 is 1. The van der Waals surface area contributed by atoms with E-state index >= 15 is 0 Å². The van der Waals surface area contributed by atoms with Crippen LogP contribution in [-0.4, -0.2) is 45.3 Å². The molecule has 2 aliphatic rings. The topological polar surface area (TPSA) is 76.7 Å². The van der Waals surface area contributed by atoms with Gasteiger partial charge < -0.3 is 20.1 Å². The molecule has 1 aliphatic carbocycles. The normalized spacial score (nSPS) is 24.8. The van der Waals surface area contributed by atoms with E-state index in [4.69, 9.17) is 9.47 Å². The summed E-state index contributed by atoms with van der Waals surface area (Å²) in [5.74, 6) is -0.0460. The van der Waals surface area contributed by atoms with Crippen LogP contribution >= 0.6 is 0 Å². The summed E-state index contributed by atoms with van der Waals surface area (Å²) in [6.45, 7) is 1.50. The average Bonchev–Trinajstić information content (AvgIpc) is 2.50. The van der Waals surface area contributed by atoms with Crippen LogP contribution in [0.5, 0.6) is 0 Å². The van der Waals surface area contributed by atoms with Crippen LogP contribution in [0.2, 0.25) is 0 Å². The van der Waals surface area contributed by atoms with Gasteiger partial charge in [-0.2, -0.15) is 0 Å². The molecule has 0 aromatic carbocycles. The van der Waals surface area contributed by atoms with Gasteiger partial charge in [0.2, 0.25) is 11.8 Å². The first-order chi connectivity index (χ1) is 10.2. The number of piperidine rings is 1. The molecule has 118 valence electrons. The first kappa shape index (κ1) is 16.0. The van der Waals surface area contributed by atoms with Crippen molar-refractivity contribution in [3.8, 4) is 0 Å². The number of allylic oxidation sites excluding steroid dienone is 1. The summed E-state index contributed by atoms with van der Waals surface area (Å²) in [5, 5.41) is 5.90. The Morgan fingerprint density at radius 3 is 3.10 bits per heavy atom. The smallest absolute Gasteiger partial charge is 0.246 e. The van der Waals surface area contributed by atoms with Gasteiger partial charge in [0.15, 0.2) is 0 Å². The monoisotopic (exact) mass is 296 g/mol. The fourth-order valence-corrected chi connectivity index (χ4v) is 2.94. The van der Waals surface area contributed by atoms with Crippen molar-refractivity contribution in [2.45, 2.75) is 32.1 Å². The van der Waals surface area contributed by atoms with Gasteiger partial charge in [0.1, 0.15) is 6.61 Å². The number of amides is 2. The number of rotatable bonds is 7. The molecule has 6 heteroatoms. The van der Waals surface area contributed by atoms with Gasteiger partial charge in [-0.25, -0.2) is 0 Å². The molecule has 0 unspecified atom stereocenters. The third-order valence-electron chi connectivity index (χ3n) is 4.17. The molecular weight excluding hydrogens is 272 g/mol. The minimum absolute atomic E-state index is 0.0465. The van der Waals surface area contributed by atoms with Crippen molar-refractivity contribution < 1.29 is 19.1 Å². The summed E-state index contributed by atoms with van der Waals surface area (Å²) in [5.41, 5.74) is 0.888. The zero-order valence-electron chi connectivity index (χ0n) is 12.6. The Morgan fingerprint density at radius 2 is 2.29 bits per heavy atom. The molecular formula is C15H24N2O4. The second-order valence-corrected chi connectivity index (χ2v) is 5.66. The molecule has 0 aromatic heterocycles. The van der Waals surface area contributed by atoms with Crippen LogP contribution in [0.4, 0.5) is 0 Å². The Hall–Kier alpha value is -1.40. The summed E-state index contributed by atoms with van der Waals surface area (Å²) in [6.07, 6.45) is 6.52. The molecule has 1 atom stereocenters. The summed E-state index contributed by atoms with van der Waals surface area (Å²) in [6, 6.07) is 0. The molecule has 2 rings (SSSR count). The third kappa shape index (κ3) is 4.28. The Labute approximate surface area is 125 Å². The number of ether oxygens (including phenoxy) is 2. The fourth-order valence-electron chi connectivity index (χ4n) is 2.94. The minimum atomic E-state index is -0.123. The Balaban J connectivity index is 1.82. The second kappa shape index (κ2) is 7.56. The highest BCUT2D eigenvalue weighted by Crippen LogP contribution is 2.42. The van der Waals surface area contributed by atoms with Crippen LogP contribution in [-0.2, 0) is 19.1 Å². The van der Waals surface area contributed by atoms with Crippen molar-refractivity contribution in [3.63, 3.8) is 0 Å². The number of carbonyl (C=O) groups is 2. The van der Waals surface area contributed by atoms with Gasteiger partial charge >= 0.3 is 0 Å². The van der Waals surface area contributed by atoms with E-state index in [1.807, 2.05) is 0 Å². The van der Waals surface area contributed by atoms with E-state index in [2.05, 4.69) is 16.7 Å². The molecule has 0 bridgehead atoms.